The van der Waals surface area contributed by atoms with Crippen LogP contribution in [0.4, 0.5) is 0 Å². The first-order chi connectivity index (χ1) is 12.9. The number of aromatic nitrogens is 2. The van der Waals surface area contributed by atoms with Gasteiger partial charge in [-0.1, -0.05) is 19.3 Å². The Morgan fingerprint density at radius 3 is 2.68 bits per heavy atom. The second-order valence-electron chi connectivity index (χ2n) is 7.45. The van der Waals surface area contributed by atoms with E-state index in [2.05, 4.69) is 26.0 Å². The van der Waals surface area contributed by atoms with Gasteiger partial charge in [-0.3, -0.25) is 9.48 Å². The Bertz CT molecular complexity index is 626. The van der Waals surface area contributed by atoms with Crippen molar-refractivity contribution in [2.45, 2.75) is 64.0 Å². The molecule has 160 valence electrons. The summed E-state index contributed by atoms with van der Waals surface area (Å²) in [6.07, 6.45) is 9.70. The zero-order valence-corrected chi connectivity index (χ0v) is 19.5. The van der Waals surface area contributed by atoms with E-state index >= 15 is 0 Å². The van der Waals surface area contributed by atoms with E-state index in [4.69, 9.17) is 0 Å². The summed E-state index contributed by atoms with van der Waals surface area (Å²) in [6, 6.07) is 0.336. The summed E-state index contributed by atoms with van der Waals surface area (Å²) in [7, 11) is 1.81. The zero-order chi connectivity index (χ0) is 19.7. The van der Waals surface area contributed by atoms with E-state index in [1.165, 1.54) is 19.3 Å². The van der Waals surface area contributed by atoms with Crippen molar-refractivity contribution in [2.24, 2.45) is 12.0 Å². The molecule has 8 nitrogen and oxygen atoms in total. The van der Waals surface area contributed by atoms with Gasteiger partial charge in [0.25, 0.3) is 0 Å². The minimum Gasteiger partial charge on any atom is -0.383 e. The fraction of sp³-hybridized carbons (Fsp3) is 0.737. The van der Waals surface area contributed by atoms with Crippen LogP contribution < -0.4 is 16.0 Å². The molecule has 1 unspecified atom stereocenters. The highest BCUT2D eigenvalue weighted by atomic mass is 127. The summed E-state index contributed by atoms with van der Waals surface area (Å²) in [5.41, 5.74) is -0.383. The van der Waals surface area contributed by atoms with Crippen LogP contribution in [0.25, 0.3) is 0 Å². The number of nitrogens with zero attached hydrogens (tertiary/aromatic N) is 3. The highest BCUT2D eigenvalue weighted by molar-refractivity contribution is 14.0. The Morgan fingerprint density at radius 2 is 2.07 bits per heavy atom. The summed E-state index contributed by atoms with van der Waals surface area (Å²) in [4.78, 5) is 16.6. The Morgan fingerprint density at radius 1 is 1.36 bits per heavy atom. The molecule has 4 N–H and O–H groups in total. The summed E-state index contributed by atoms with van der Waals surface area (Å²) in [5.74, 6) is 0.666. The molecule has 2 rings (SSSR count). The average molecular weight is 506 g/mol. The minimum atomic E-state index is -1.10. The highest BCUT2D eigenvalue weighted by Gasteiger charge is 2.24. The number of amides is 1. The Balaban J connectivity index is 0.00000392. The lowest BCUT2D eigenvalue weighted by molar-refractivity contribution is -0.121. The molecule has 1 aliphatic rings. The average Bonchev–Trinajstić information content (AvgIpc) is 3.08. The largest absolute Gasteiger partial charge is 0.383 e. The van der Waals surface area contributed by atoms with Gasteiger partial charge in [0.2, 0.25) is 5.91 Å². The lowest BCUT2D eigenvalue weighted by atomic mass is 9.95. The van der Waals surface area contributed by atoms with E-state index < -0.39 is 5.60 Å². The summed E-state index contributed by atoms with van der Waals surface area (Å²) in [5, 5.41) is 24.2. The van der Waals surface area contributed by atoms with Crippen molar-refractivity contribution >= 4 is 35.8 Å². The molecule has 1 aromatic rings. The van der Waals surface area contributed by atoms with E-state index in [1.54, 1.807) is 24.0 Å². The molecular weight excluding hydrogens is 471 g/mol. The van der Waals surface area contributed by atoms with Crippen molar-refractivity contribution in [2.75, 3.05) is 19.6 Å². The first-order valence-electron chi connectivity index (χ1n) is 9.94. The molecule has 0 aliphatic heterocycles. The van der Waals surface area contributed by atoms with Crippen LogP contribution in [0, 0.1) is 0 Å². The molecule has 1 aromatic heterocycles. The molecular formula is C19H35IN6O2. The molecule has 0 saturated heterocycles. The first-order valence-corrected chi connectivity index (χ1v) is 9.94. The van der Waals surface area contributed by atoms with Gasteiger partial charge in [-0.25, -0.2) is 4.99 Å². The van der Waals surface area contributed by atoms with Crippen LogP contribution in [0.1, 0.15) is 57.9 Å². The number of nitrogens with one attached hydrogen (secondary N) is 3. The van der Waals surface area contributed by atoms with Gasteiger partial charge in [0.1, 0.15) is 5.60 Å². The van der Waals surface area contributed by atoms with E-state index in [1.807, 2.05) is 14.0 Å². The Labute approximate surface area is 185 Å². The van der Waals surface area contributed by atoms with Gasteiger partial charge < -0.3 is 21.1 Å². The number of rotatable bonds is 8. The molecule has 1 heterocycles. The lowest BCUT2D eigenvalue weighted by Crippen LogP contribution is -2.42. The summed E-state index contributed by atoms with van der Waals surface area (Å²) >= 11 is 0. The van der Waals surface area contributed by atoms with Crippen molar-refractivity contribution < 1.29 is 9.90 Å². The maximum atomic E-state index is 12.1. The second-order valence-corrected chi connectivity index (χ2v) is 7.45. The third kappa shape index (κ3) is 8.34. The maximum Gasteiger partial charge on any atom is 0.221 e. The number of aryl methyl sites for hydroxylation is 1. The van der Waals surface area contributed by atoms with Crippen molar-refractivity contribution in [1.82, 2.24) is 25.7 Å². The number of halogens is 1. The van der Waals surface area contributed by atoms with Crippen molar-refractivity contribution in [1.29, 1.82) is 0 Å². The minimum absolute atomic E-state index is 0. The van der Waals surface area contributed by atoms with Crippen LogP contribution in [-0.2, 0) is 17.4 Å². The third-order valence-corrected chi connectivity index (χ3v) is 4.83. The number of guanidine groups is 1. The number of hydrogen-bond donors (Lipinski definition) is 4. The monoisotopic (exact) mass is 506 g/mol. The Kier molecular flexibility index (Phi) is 10.8. The normalized spacial score (nSPS) is 17.4. The molecule has 0 bridgehead atoms. The van der Waals surface area contributed by atoms with Gasteiger partial charge in [0, 0.05) is 44.4 Å². The first kappa shape index (κ1) is 24.7. The topological polar surface area (TPSA) is 104 Å². The van der Waals surface area contributed by atoms with Crippen LogP contribution >= 0.6 is 24.0 Å². The van der Waals surface area contributed by atoms with Crippen LogP contribution in [0.2, 0.25) is 0 Å². The molecule has 1 aliphatic carbocycles. The molecule has 1 atom stereocenters. The summed E-state index contributed by atoms with van der Waals surface area (Å²) in [6.45, 7) is 5.10. The van der Waals surface area contributed by atoms with E-state index in [-0.39, 0.29) is 36.4 Å². The highest BCUT2D eigenvalue weighted by Crippen LogP contribution is 2.20. The molecule has 9 heteroatoms. The quantitative estimate of drug-likeness (QED) is 0.244. The third-order valence-electron chi connectivity index (χ3n) is 4.83. The van der Waals surface area contributed by atoms with E-state index in [0.717, 1.165) is 18.4 Å². The molecule has 0 radical (unpaired) electrons. The lowest BCUT2D eigenvalue weighted by Gasteiger charge is -2.23. The number of hydrogen-bond acceptors (Lipinski definition) is 4. The smallest absolute Gasteiger partial charge is 0.221 e. The Hall–Kier alpha value is -1.36. The number of carbonyl (C=O) groups is 1. The van der Waals surface area contributed by atoms with Gasteiger partial charge in [-0.05, 0) is 26.7 Å². The van der Waals surface area contributed by atoms with Crippen molar-refractivity contribution in [3.05, 3.63) is 18.0 Å². The van der Waals surface area contributed by atoms with Crippen molar-refractivity contribution in [3.8, 4) is 0 Å². The predicted molar refractivity (Wildman–Crippen MR) is 122 cm³/mol. The molecule has 1 saturated carbocycles. The molecule has 1 amide bonds. The van der Waals surface area contributed by atoms with Gasteiger partial charge in [0.05, 0.1) is 12.7 Å². The zero-order valence-electron chi connectivity index (χ0n) is 17.2. The fourth-order valence-corrected chi connectivity index (χ4v) is 3.21. The van der Waals surface area contributed by atoms with E-state index in [9.17, 15) is 9.90 Å². The fourth-order valence-electron chi connectivity index (χ4n) is 3.21. The predicted octanol–water partition coefficient (Wildman–Crippen LogP) is 1.64. The molecule has 0 spiro atoms. The number of aliphatic imine (C=N–C) groups is 1. The van der Waals surface area contributed by atoms with Crippen LogP contribution in [0.15, 0.2) is 17.4 Å². The molecule has 0 aromatic carbocycles. The van der Waals surface area contributed by atoms with Crippen molar-refractivity contribution in [3.63, 3.8) is 0 Å². The SMILES string of the molecule is CCNC(=NCC(C)(O)c1cnn(C)c1)NCCC(=O)NC1CCCCC1.I. The molecule has 1 fully saturated rings. The number of carbonyl (C=O) groups excluding carboxylic acids is 1. The molecule has 28 heavy (non-hydrogen) atoms. The van der Waals surface area contributed by atoms with Gasteiger partial charge >= 0.3 is 0 Å². The summed E-state index contributed by atoms with van der Waals surface area (Å²) < 4.78 is 1.65. The van der Waals surface area contributed by atoms with Gasteiger partial charge in [-0.15, -0.1) is 24.0 Å². The standard InChI is InChI=1S/C19H34N6O2.HI/c1-4-20-18(22-14-19(2,27)15-12-23-25(3)13-15)21-11-10-17(26)24-16-8-6-5-7-9-16;/h12-13,16,27H,4-11,14H2,1-3H3,(H,24,26)(H2,20,21,22);1H. The number of aliphatic hydroxyl groups is 1. The van der Waals surface area contributed by atoms with Gasteiger partial charge in [0.15, 0.2) is 5.96 Å². The van der Waals surface area contributed by atoms with E-state index in [0.29, 0.717) is 31.5 Å². The van der Waals surface area contributed by atoms with Gasteiger partial charge in [-0.2, -0.15) is 5.10 Å². The van der Waals surface area contributed by atoms with Crippen LogP contribution in [-0.4, -0.2) is 52.4 Å². The maximum absolute atomic E-state index is 12.1. The second kappa shape index (κ2) is 12.3. The van der Waals surface area contributed by atoms with Crippen LogP contribution in [0.3, 0.4) is 0 Å². The van der Waals surface area contributed by atoms with Crippen LogP contribution in [0.5, 0.6) is 0 Å².